The Morgan fingerprint density at radius 1 is 0.617 bits per heavy atom. The predicted molar refractivity (Wildman–Crippen MR) is 417 cm³/mol. The molecule has 40 nitrogen and oxygen atoms in total. The molecule has 16 N–H and O–H groups in total. The van der Waals surface area contributed by atoms with Gasteiger partial charge in [-0.05, 0) is 119 Å². The van der Waals surface area contributed by atoms with Crippen molar-refractivity contribution in [2.75, 3.05) is 50.5 Å². The molecule has 12 heterocycles. The Kier molecular flexibility index (Phi) is 30.8. The zero-order chi connectivity index (χ0) is 82.5. The van der Waals surface area contributed by atoms with Gasteiger partial charge < -0.3 is 56.8 Å². The number of hydrogen-bond donors (Lipinski definition) is 10. The number of aromatic amines is 3. The molecule has 2 aliphatic rings. The van der Waals surface area contributed by atoms with Crippen LogP contribution in [0, 0.1) is 51.7 Å². The van der Waals surface area contributed by atoms with Crippen LogP contribution in [0.15, 0.2) is 164 Å². The van der Waals surface area contributed by atoms with Crippen molar-refractivity contribution in [1.29, 1.82) is 5.41 Å². The first-order valence-electron chi connectivity index (χ1n) is 33.7. The number of hydrogen-bond acceptors (Lipinski definition) is 31. The van der Waals surface area contributed by atoms with Gasteiger partial charge in [0.2, 0.25) is 29.6 Å². The quantitative estimate of drug-likeness (QED) is 0.00987. The van der Waals surface area contributed by atoms with Gasteiger partial charge in [-0.25, -0.2) is 28.9 Å². The number of anilines is 3. The molecule has 10 aromatic heterocycles. The number of esters is 2. The number of nitrogens with zero attached hydrogens (tertiary/aromatic N) is 17. The molecule has 16 rings (SSSR count). The number of alkyl halides is 1. The Morgan fingerprint density at radius 3 is 1.44 bits per heavy atom. The van der Waals surface area contributed by atoms with Gasteiger partial charge in [-0.15, -0.1) is 53.2 Å². The minimum absolute atomic E-state index is 0. The van der Waals surface area contributed by atoms with Crippen LogP contribution in [0.1, 0.15) is 120 Å². The first kappa shape index (κ1) is 87.6. The van der Waals surface area contributed by atoms with Crippen molar-refractivity contribution in [1.82, 2.24) is 99.4 Å². The molecular formula is C69H77Cl3F2N27O13P. The molecule has 0 spiro atoms. The second-order valence-corrected chi connectivity index (χ2v) is 27.5. The van der Waals surface area contributed by atoms with Crippen molar-refractivity contribution in [2.24, 2.45) is 11.6 Å². The molecule has 2 aliphatic heterocycles. The number of aryl methyl sites for hydroxylation is 5. The highest BCUT2D eigenvalue weighted by atomic mass is 35.5. The molecule has 0 unspecified atom stereocenters. The van der Waals surface area contributed by atoms with Crippen molar-refractivity contribution in [3.8, 4) is 0 Å². The number of fused-ring (bicyclic) bond motifs is 3. The predicted octanol–water partition coefficient (Wildman–Crippen LogP) is 5.95. The molecule has 4 atom stereocenters. The Hall–Kier alpha value is -13.0. The highest BCUT2D eigenvalue weighted by Crippen LogP contribution is 2.42. The van der Waals surface area contributed by atoms with Gasteiger partial charge in [0.15, 0.2) is 39.2 Å². The summed E-state index contributed by atoms with van der Waals surface area (Å²) in [6.45, 7) is 9.83. The van der Waals surface area contributed by atoms with E-state index < -0.39 is 13.3 Å². The number of methoxy groups -OCH3 is 2. The second-order valence-electron chi connectivity index (χ2n) is 24.5. The first-order chi connectivity index (χ1) is 54.5. The van der Waals surface area contributed by atoms with Crippen molar-refractivity contribution >= 4 is 105 Å². The van der Waals surface area contributed by atoms with Crippen LogP contribution in [-0.2, 0) is 40.6 Å². The highest BCUT2D eigenvalue weighted by Gasteiger charge is 2.33. The lowest BCUT2D eigenvalue weighted by atomic mass is 10.00. The van der Waals surface area contributed by atoms with Gasteiger partial charge in [0.05, 0.1) is 70.6 Å². The maximum atomic E-state index is 13.1. The van der Waals surface area contributed by atoms with Crippen molar-refractivity contribution in [3.63, 3.8) is 0 Å². The van der Waals surface area contributed by atoms with Crippen molar-refractivity contribution in [2.45, 2.75) is 83.9 Å². The summed E-state index contributed by atoms with van der Waals surface area (Å²) in [4.78, 5) is 71.4. The third-order valence-electron chi connectivity index (χ3n) is 16.5. The second kappa shape index (κ2) is 40.5. The van der Waals surface area contributed by atoms with Crippen LogP contribution >= 0.6 is 43.0 Å². The lowest BCUT2D eigenvalue weighted by Gasteiger charge is -2.15. The van der Waals surface area contributed by atoms with Crippen LogP contribution in [0.3, 0.4) is 0 Å². The van der Waals surface area contributed by atoms with Crippen LogP contribution in [0.25, 0.3) is 16.6 Å². The third kappa shape index (κ3) is 22.5. The number of rotatable bonds is 12. The number of aromatic nitrogens is 20. The first-order valence-corrected chi connectivity index (χ1v) is 36.2. The number of amidine groups is 1. The largest absolute Gasteiger partial charge is 0.464 e. The van der Waals surface area contributed by atoms with E-state index in [1.807, 2.05) is 36.4 Å². The highest BCUT2D eigenvalue weighted by molar-refractivity contribution is 7.74. The van der Waals surface area contributed by atoms with E-state index in [2.05, 4.69) is 103 Å². The number of nitrogen functional groups attached to an aromatic ring is 4. The SMILES string of the molecule is COC(=O)c1[nH]ncc1C.COC(=O)c1c(C)cnn1N.Cc1cnn2nc(N)[nH]c(=O)c12.Cc1cnn2nc(N)[nH]c(=O)c12.Cc1cnn2nc(N)n(Cc3nc([C@@H]4CO[C@@H](c5ccc(F)cc5)C4)no3)c(=O)c12.Cl.Fc1ccc([C@H]2C[C@H](c3noc(CCl)n3)CO2)cc1.N=C(N)Cl.NOP(=O)(c1ccccc1)c1ccccc1. The molecule has 2 saturated heterocycles. The maximum Gasteiger partial charge on any atom is 0.358 e. The van der Waals surface area contributed by atoms with Gasteiger partial charge in [0.1, 0.15) is 29.8 Å². The van der Waals surface area contributed by atoms with E-state index in [1.165, 1.54) is 63.1 Å². The molecule has 115 heavy (non-hydrogen) atoms. The number of nitrogens with one attached hydrogen (secondary N) is 4. The molecule has 4 aromatic carbocycles. The molecule has 606 valence electrons. The number of carbonyl (C=O) groups is 2. The van der Waals surface area contributed by atoms with Gasteiger partial charge in [-0.3, -0.25) is 44.0 Å². The van der Waals surface area contributed by atoms with Gasteiger partial charge in [0, 0.05) is 50.3 Å². The summed E-state index contributed by atoms with van der Waals surface area (Å²) < 4.78 is 79.1. The lowest BCUT2D eigenvalue weighted by molar-refractivity contribution is 0.0581. The molecule has 0 radical (unpaired) electrons. The van der Waals surface area contributed by atoms with Crippen LogP contribution in [0.4, 0.5) is 26.6 Å². The fourth-order valence-corrected chi connectivity index (χ4v) is 12.7. The van der Waals surface area contributed by atoms with E-state index in [0.717, 1.165) is 39.0 Å². The smallest absolute Gasteiger partial charge is 0.358 e. The summed E-state index contributed by atoms with van der Waals surface area (Å²) in [6, 6.07) is 30.5. The van der Waals surface area contributed by atoms with Gasteiger partial charge in [-0.2, -0.15) is 40.3 Å². The number of H-pyrrole nitrogens is 3. The molecule has 46 heteroatoms. The summed E-state index contributed by atoms with van der Waals surface area (Å²) in [5, 5.41) is 48.1. The Balaban J connectivity index is 0.000000172. The summed E-state index contributed by atoms with van der Waals surface area (Å²) in [5.41, 5.74) is 27.7. The Morgan fingerprint density at radius 2 is 1.04 bits per heavy atom. The minimum Gasteiger partial charge on any atom is -0.464 e. The molecule has 2 fully saturated rings. The normalized spacial score (nSPS) is 14.5. The topological polar surface area (TPSA) is 580 Å². The number of halogens is 5. The molecule has 0 bridgehead atoms. The van der Waals surface area contributed by atoms with Crippen LogP contribution in [0.5, 0.6) is 0 Å². The average Bonchev–Trinajstić information content (AvgIpc) is 1.76. The Bertz CT molecular complexity index is 5660. The number of ether oxygens (including phenoxy) is 4. The van der Waals surface area contributed by atoms with Crippen LogP contribution < -0.4 is 62.0 Å². The standard InChI is InChI=1S/C19H18FN7O3.C13H12ClFN2O2.C12H12NO2P.2C6H7N5O.C6H9N3O2.C6H8N2O2.CH3ClN2.ClH/c1-10-7-22-27-16(10)18(28)26(19(21)24-27)8-15-23-17(25-30-15)12-6-14(29-9-12)11-2-4-13(20)5-3-11;14-6-12-16-13(17-19-12)9-5-11(18-7-9)8-1-3-10(15)4-2-8;13-15-16(14,11-7-3-1-4-8-11)12-9-5-2-6-10-12;2*1-3-2-8-11-4(3)5(12)9-6(7)10-11;1-4-3-8-9(7)5(4)6(10)11-2;1-4-3-7-8-5(4)6(9)10-2;2-1(3)4;/h2-5,7,12,14H,6,8-9H2,1H3,(H2,21,24);1-4,9,11H,5-7H2;1-10H,13H2;2*2H,1H3,(H3,7,9,10,12);3H,7H2,1-2H3;3H,1-2H3,(H,7,8);(H3,3,4);1H/t12-,14+;9-,11+;;;;;;;/m00......./s1. The van der Waals surface area contributed by atoms with Crippen molar-refractivity contribution in [3.05, 3.63) is 257 Å². The third-order valence-corrected chi connectivity index (χ3v) is 19.0. The minimum atomic E-state index is -3.13. The van der Waals surface area contributed by atoms with Crippen LogP contribution in [-0.4, -0.2) is 144 Å². The molecule has 0 saturated carbocycles. The molecule has 0 aliphatic carbocycles. The fraction of sp³-hybridized carbons (Fsp3) is 0.246. The number of benzene rings is 4. The van der Waals surface area contributed by atoms with Gasteiger partial charge >= 0.3 is 11.9 Å². The summed E-state index contributed by atoms with van der Waals surface area (Å²) in [6.07, 6.45) is 8.96. The van der Waals surface area contributed by atoms with E-state index in [0.29, 0.717) is 81.2 Å². The molecule has 14 aromatic rings. The zero-order valence-electron chi connectivity index (χ0n) is 62.1. The van der Waals surface area contributed by atoms with E-state index >= 15 is 0 Å². The summed E-state index contributed by atoms with van der Waals surface area (Å²) >= 11 is 10.3. The number of carbonyl (C=O) groups excluding carboxylic acids is 2. The molecule has 0 amide bonds. The average molecular weight is 1670 g/mol. The van der Waals surface area contributed by atoms with Gasteiger partial charge in [0.25, 0.3) is 24.0 Å². The number of nitrogens with two attached hydrogens (primary N) is 6. The van der Waals surface area contributed by atoms with Gasteiger partial charge in [-0.1, -0.05) is 71.0 Å². The summed E-state index contributed by atoms with van der Waals surface area (Å²) in [7, 11) is -0.491. The summed E-state index contributed by atoms with van der Waals surface area (Å²) in [5.74, 6) is 11.3. The van der Waals surface area contributed by atoms with Crippen LogP contribution in [0.2, 0.25) is 0 Å². The van der Waals surface area contributed by atoms with Crippen molar-refractivity contribution < 1.29 is 55.6 Å². The fourth-order valence-electron chi connectivity index (χ4n) is 10.9. The van der Waals surface area contributed by atoms with E-state index in [-0.39, 0.29) is 118 Å². The van der Waals surface area contributed by atoms with E-state index in [1.54, 1.807) is 108 Å². The zero-order valence-corrected chi connectivity index (χ0v) is 65.3. The maximum absolute atomic E-state index is 13.1. The monoisotopic (exact) mass is 1670 g/mol. The van der Waals surface area contributed by atoms with E-state index in [4.69, 9.17) is 69.1 Å². The van der Waals surface area contributed by atoms with E-state index in [9.17, 15) is 37.3 Å². The lowest BCUT2D eigenvalue weighted by Crippen LogP contribution is -2.28. The molecular weight excluding hydrogens is 1590 g/mol. The Labute approximate surface area is 665 Å².